The highest BCUT2D eigenvalue weighted by molar-refractivity contribution is 5.99. The van der Waals surface area contributed by atoms with Crippen molar-refractivity contribution in [2.75, 3.05) is 0 Å². The smallest absolute Gasteiger partial charge is 0.269 e. The summed E-state index contributed by atoms with van der Waals surface area (Å²) in [4.78, 5) is 22.0. The summed E-state index contributed by atoms with van der Waals surface area (Å²) in [7, 11) is 0. The van der Waals surface area contributed by atoms with Gasteiger partial charge < -0.3 is 0 Å². The van der Waals surface area contributed by atoms with Crippen molar-refractivity contribution in [3.8, 4) is 0 Å². The van der Waals surface area contributed by atoms with Gasteiger partial charge in [0.05, 0.1) is 17.1 Å². The Morgan fingerprint density at radius 2 is 1.67 bits per heavy atom. The first-order valence-electron chi connectivity index (χ1n) is 7.65. The number of nitro groups is 1. The van der Waals surface area contributed by atoms with Gasteiger partial charge in [0.15, 0.2) is 0 Å². The fraction of sp³-hybridized carbons (Fsp3) is 0.222. The molecule has 0 heterocycles. The molecule has 0 aromatic heterocycles. The number of carbonyl (C=O) groups excluding carboxylic acids is 1. The van der Waals surface area contributed by atoms with Gasteiger partial charge in [-0.25, -0.2) is 5.43 Å². The zero-order valence-electron chi connectivity index (χ0n) is 13.7. The minimum atomic E-state index is -0.471. The minimum absolute atomic E-state index is 0.00329. The highest BCUT2D eigenvalue weighted by atomic mass is 16.6. The van der Waals surface area contributed by atoms with E-state index in [1.807, 2.05) is 31.2 Å². The van der Waals surface area contributed by atoms with Crippen molar-refractivity contribution in [1.29, 1.82) is 0 Å². The summed E-state index contributed by atoms with van der Waals surface area (Å²) in [5, 5.41) is 14.7. The maximum Gasteiger partial charge on any atom is 0.269 e. The number of carbonyl (C=O) groups is 1. The number of aryl methyl sites for hydroxylation is 1. The molecule has 0 aliphatic heterocycles. The Kier molecular flexibility index (Phi) is 5.78. The van der Waals surface area contributed by atoms with Crippen LogP contribution < -0.4 is 5.43 Å². The number of nitro benzene ring substituents is 1. The Labute approximate surface area is 140 Å². The molecule has 0 spiro atoms. The number of rotatable bonds is 6. The van der Waals surface area contributed by atoms with Crippen molar-refractivity contribution < 1.29 is 9.72 Å². The molecule has 0 bridgehead atoms. The molecule has 0 saturated carbocycles. The maximum atomic E-state index is 11.9. The van der Waals surface area contributed by atoms with E-state index in [0.29, 0.717) is 5.56 Å². The molecule has 0 fully saturated rings. The van der Waals surface area contributed by atoms with Crippen LogP contribution in [0.5, 0.6) is 0 Å². The van der Waals surface area contributed by atoms with Crippen LogP contribution in [0.1, 0.15) is 30.5 Å². The number of benzene rings is 2. The zero-order valence-corrected chi connectivity index (χ0v) is 13.7. The van der Waals surface area contributed by atoms with Gasteiger partial charge in [-0.2, -0.15) is 5.10 Å². The van der Waals surface area contributed by atoms with Crippen LogP contribution in [0, 0.1) is 10.1 Å². The Balaban J connectivity index is 1.94. The summed E-state index contributed by atoms with van der Waals surface area (Å²) in [6.45, 7) is 3.92. The maximum absolute atomic E-state index is 11.9. The predicted molar refractivity (Wildman–Crippen MR) is 93.0 cm³/mol. The van der Waals surface area contributed by atoms with Crippen LogP contribution >= 0.6 is 0 Å². The Bertz CT molecular complexity index is 750. The number of hydrogen-bond acceptors (Lipinski definition) is 4. The van der Waals surface area contributed by atoms with Gasteiger partial charge in [0.1, 0.15) is 0 Å². The Hall–Kier alpha value is -3.02. The third-order valence-corrected chi connectivity index (χ3v) is 3.64. The normalized spacial score (nSPS) is 11.2. The molecule has 2 aromatic rings. The molecule has 0 aliphatic carbocycles. The van der Waals surface area contributed by atoms with Crippen LogP contribution in [0.15, 0.2) is 53.6 Å². The summed E-state index contributed by atoms with van der Waals surface area (Å²) in [5.74, 6) is -0.270. The number of hydrazone groups is 1. The van der Waals surface area contributed by atoms with Gasteiger partial charge >= 0.3 is 0 Å². The molecule has 2 aromatic carbocycles. The lowest BCUT2D eigenvalue weighted by molar-refractivity contribution is -0.384. The molecule has 0 aliphatic rings. The van der Waals surface area contributed by atoms with Crippen molar-refractivity contribution in [3.05, 3.63) is 75.3 Å². The van der Waals surface area contributed by atoms with Gasteiger partial charge in [-0.05, 0) is 30.0 Å². The SMILES string of the molecule is CCc1ccc(/C(C)=N\NC(=O)Cc2ccc([N+](=O)[O-])cc2)cc1. The van der Waals surface area contributed by atoms with E-state index in [9.17, 15) is 14.9 Å². The number of hydrogen-bond donors (Lipinski definition) is 1. The molecular formula is C18H19N3O3. The van der Waals surface area contributed by atoms with Gasteiger partial charge in [-0.1, -0.05) is 43.3 Å². The van der Waals surface area contributed by atoms with Gasteiger partial charge in [-0.15, -0.1) is 0 Å². The van der Waals surface area contributed by atoms with Crippen LogP contribution in [-0.4, -0.2) is 16.5 Å². The summed E-state index contributed by atoms with van der Waals surface area (Å²) in [5.41, 5.74) is 6.12. The molecular weight excluding hydrogens is 306 g/mol. The highest BCUT2D eigenvalue weighted by Crippen LogP contribution is 2.12. The third kappa shape index (κ3) is 4.74. The molecule has 1 N–H and O–H groups in total. The molecule has 2 rings (SSSR count). The molecule has 0 saturated heterocycles. The predicted octanol–water partition coefficient (Wildman–Crippen LogP) is 3.24. The molecule has 24 heavy (non-hydrogen) atoms. The van der Waals surface area contributed by atoms with Crippen molar-refractivity contribution in [3.63, 3.8) is 0 Å². The molecule has 0 atom stereocenters. The van der Waals surface area contributed by atoms with Gasteiger partial charge in [0, 0.05) is 12.1 Å². The Morgan fingerprint density at radius 3 is 2.21 bits per heavy atom. The van der Waals surface area contributed by atoms with Gasteiger partial charge in [0.2, 0.25) is 5.91 Å². The number of nitrogens with zero attached hydrogens (tertiary/aromatic N) is 2. The van der Waals surface area contributed by atoms with E-state index < -0.39 is 4.92 Å². The van der Waals surface area contributed by atoms with Crippen molar-refractivity contribution in [2.45, 2.75) is 26.7 Å². The van der Waals surface area contributed by atoms with Crippen LogP contribution in [0.3, 0.4) is 0 Å². The fourth-order valence-electron chi connectivity index (χ4n) is 2.15. The lowest BCUT2D eigenvalue weighted by Crippen LogP contribution is -2.21. The average molecular weight is 325 g/mol. The van der Waals surface area contributed by atoms with Gasteiger partial charge in [0.25, 0.3) is 5.69 Å². The molecule has 0 unspecified atom stereocenters. The molecule has 6 heteroatoms. The molecule has 0 radical (unpaired) electrons. The van der Waals surface area contributed by atoms with E-state index in [1.54, 1.807) is 12.1 Å². The number of nitrogens with one attached hydrogen (secondary N) is 1. The van der Waals surface area contributed by atoms with Crippen LogP contribution in [0.4, 0.5) is 5.69 Å². The largest absolute Gasteiger partial charge is 0.273 e. The standard InChI is InChI=1S/C18H19N3O3/c1-3-14-4-8-16(9-5-14)13(2)19-20-18(22)12-15-6-10-17(11-7-15)21(23)24/h4-11H,3,12H2,1-2H3,(H,20,22)/b19-13-. The lowest BCUT2D eigenvalue weighted by Gasteiger charge is -2.04. The van der Waals surface area contributed by atoms with Gasteiger partial charge in [-0.3, -0.25) is 14.9 Å². The number of non-ortho nitro benzene ring substituents is 1. The molecule has 6 nitrogen and oxygen atoms in total. The van der Waals surface area contributed by atoms with Crippen LogP contribution in [0.25, 0.3) is 0 Å². The minimum Gasteiger partial charge on any atom is -0.273 e. The van der Waals surface area contributed by atoms with E-state index >= 15 is 0 Å². The van der Waals surface area contributed by atoms with Crippen molar-refractivity contribution in [1.82, 2.24) is 5.43 Å². The summed E-state index contributed by atoms with van der Waals surface area (Å²) in [6.07, 6.45) is 1.09. The third-order valence-electron chi connectivity index (χ3n) is 3.64. The second-order valence-corrected chi connectivity index (χ2v) is 5.38. The first-order chi connectivity index (χ1) is 11.5. The number of amides is 1. The quantitative estimate of drug-likeness (QED) is 0.502. The van der Waals surface area contributed by atoms with Crippen molar-refractivity contribution >= 4 is 17.3 Å². The second-order valence-electron chi connectivity index (χ2n) is 5.38. The van der Waals surface area contributed by atoms with E-state index in [2.05, 4.69) is 17.5 Å². The summed E-state index contributed by atoms with van der Waals surface area (Å²) >= 11 is 0. The second kappa shape index (κ2) is 8.01. The van der Waals surface area contributed by atoms with E-state index in [1.165, 1.54) is 17.7 Å². The first-order valence-corrected chi connectivity index (χ1v) is 7.65. The topological polar surface area (TPSA) is 84.6 Å². The zero-order chi connectivity index (χ0) is 17.5. The fourth-order valence-corrected chi connectivity index (χ4v) is 2.15. The lowest BCUT2D eigenvalue weighted by atomic mass is 10.1. The molecule has 1 amide bonds. The summed E-state index contributed by atoms with van der Waals surface area (Å²) in [6, 6.07) is 13.9. The highest BCUT2D eigenvalue weighted by Gasteiger charge is 2.07. The van der Waals surface area contributed by atoms with E-state index in [-0.39, 0.29) is 18.0 Å². The van der Waals surface area contributed by atoms with E-state index in [0.717, 1.165) is 17.7 Å². The van der Waals surface area contributed by atoms with Crippen LogP contribution in [-0.2, 0) is 17.6 Å². The monoisotopic (exact) mass is 325 g/mol. The average Bonchev–Trinajstić information content (AvgIpc) is 2.60. The summed E-state index contributed by atoms with van der Waals surface area (Å²) < 4.78 is 0. The first kappa shape index (κ1) is 17.3. The Morgan fingerprint density at radius 1 is 1.08 bits per heavy atom. The van der Waals surface area contributed by atoms with Crippen LogP contribution in [0.2, 0.25) is 0 Å². The van der Waals surface area contributed by atoms with Crippen molar-refractivity contribution in [2.24, 2.45) is 5.10 Å². The molecule has 124 valence electrons. The van der Waals surface area contributed by atoms with E-state index in [4.69, 9.17) is 0 Å².